The maximum Gasteiger partial charge on any atom is 0.321 e. The van der Waals surface area contributed by atoms with Crippen LogP contribution in [-0.2, 0) is 9.53 Å². The minimum Gasteiger partial charge on any atom is -0.449 e. The van der Waals surface area contributed by atoms with E-state index in [-0.39, 0.29) is 12.6 Å². The van der Waals surface area contributed by atoms with Gasteiger partial charge in [0.25, 0.3) is 0 Å². The average molecular weight is 182 g/mol. The number of carbonyl (C=O) groups excluding carboxylic acids is 1. The van der Waals surface area contributed by atoms with E-state index in [9.17, 15) is 4.79 Å². The van der Waals surface area contributed by atoms with Gasteiger partial charge in [-0.1, -0.05) is 6.42 Å². The minimum atomic E-state index is -0.288. The van der Waals surface area contributed by atoms with Gasteiger partial charge in [0.05, 0.1) is 6.54 Å². The third-order valence-corrected chi connectivity index (χ3v) is 2.10. The molecule has 0 bridgehead atoms. The van der Waals surface area contributed by atoms with Gasteiger partial charge >= 0.3 is 5.97 Å². The Bertz CT molecular complexity index is 204. The number of rotatable bonds is 3. The zero-order valence-electron chi connectivity index (χ0n) is 7.66. The van der Waals surface area contributed by atoms with Crippen molar-refractivity contribution in [3.05, 3.63) is 0 Å². The number of nitrogens with zero attached hydrogens (tertiary/aromatic N) is 2. The fraction of sp³-hybridized carbons (Fsp3) is 0.778. The highest BCUT2D eigenvalue weighted by Gasteiger charge is 2.14. The van der Waals surface area contributed by atoms with Gasteiger partial charge < -0.3 is 4.74 Å². The zero-order chi connectivity index (χ0) is 9.52. The smallest absolute Gasteiger partial charge is 0.321 e. The Morgan fingerprint density at radius 3 is 2.69 bits per heavy atom. The lowest BCUT2D eigenvalue weighted by atomic mass is 10.1. The molecule has 0 saturated carbocycles. The Kier molecular flexibility index (Phi) is 4.27. The summed E-state index contributed by atoms with van der Waals surface area (Å²) in [6, 6.07) is 1.77. The molecule has 0 amide bonds. The first-order chi connectivity index (χ1) is 6.33. The van der Waals surface area contributed by atoms with E-state index in [1.807, 2.05) is 0 Å². The molecule has 0 radical (unpaired) electrons. The molecule has 0 spiro atoms. The average Bonchev–Trinajstić information content (AvgIpc) is 2.16. The SMILES string of the molecule is N#CCOC(=O)CN1CCCCC1. The predicted molar refractivity (Wildman–Crippen MR) is 46.9 cm³/mol. The van der Waals surface area contributed by atoms with E-state index in [1.165, 1.54) is 6.42 Å². The van der Waals surface area contributed by atoms with Crippen molar-refractivity contribution in [2.45, 2.75) is 19.3 Å². The maximum atomic E-state index is 11.1. The Morgan fingerprint density at radius 2 is 2.08 bits per heavy atom. The van der Waals surface area contributed by atoms with Crippen LogP contribution in [0.2, 0.25) is 0 Å². The van der Waals surface area contributed by atoms with Gasteiger partial charge in [-0.05, 0) is 25.9 Å². The molecule has 1 saturated heterocycles. The number of hydrogen-bond acceptors (Lipinski definition) is 4. The van der Waals surface area contributed by atoms with Gasteiger partial charge in [0, 0.05) is 0 Å². The zero-order valence-corrected chi connectivity index (χ0v) is 7.66. The lowest BCUT2D eigenvalue weighted by Crippen LogP contribution is -2.35. The van der Waals surface area contributed by atoms with E-state index in [4.69, 9.17) is 5.26 Å². The van der Waals surface area contributed by atoms with Crippen molar-refractivity contribution in [1.82, 2.24) is 4.90 Å². The number of nitriles is 1. The molecular weight excluding hydrogens is 168 g/mol. The van der Waals surface area contributed by atoms with Gasteiger partial charge in [-0.2, -0.15) is 5.26 Å². The van der Waals surface area contributed by atoms with Crippen LogP contribution in [0.25, 0.3) is 0 Å². The van der Waals surface area contributed by atoms with Gasteiger partial charge in [-0.25, -0.2) is 0 Å². The van der Waals surface area contributed by atoms with Gasteiger partial charge in [0.2, 0.25) is 0 Å². The van der Waals surface area contributed by atoms with E-state index in [2.05, 4.69) is 9.64 Å². The molecule has 0 aliphatic carbocycles. The van der Waals surface area contributed by atoms with Gasteiger partial charge in [0.1, 0.15) is 6.07 Å². The first-order valence-electron chi connectivity index (χ1n) is 4.58. The molecule has 1 heterocycles. The molecule has 0 unspecified atom stereocenters. The minimum absolute atomic E-state index is 0.132. The first-order valence-corrected chi connectivity index (χ1v) is 4.58. The van der Waals surface area contributed by atoms with E-state index < -0.39 is 0 Å². The van der Waals surface area contributed by atoms with Crippen LogP contribution in [0.3, 0.4) is 0 Å². The van der Waals surface area contributed by atoms with E-state index in [0.29, 0.717) is 6.54 Å². The molecule has 0 aromatic carbocycles. The number of hydrogen-bond donors (Lipinski definition) is 0. The van der Waals surface area contributed by atoms with E-state index >= 15 is 0 Å². The molecule has 0 aromatic heterocycles. The van der Waals surface area contributed by atoms with Crippen LogP contribution in [-0.4, -0.2) is 37.1 Å². The normalized spacial score (nSPS) is 17.8. The van der Waals surface area contributed by atoms with Crippen LogP contribution in [0.4, 0.5) is 0 Å². The van der Waals surface area contributed by atoms with Crippen LogP contribution in [0.15, 0.2) is 0 Å². The highest BCUT2D eigenvalue weighted by molar-refractivity contribution is 5.71. The summed E-state index contributed by atoms with van der Waals surface area (Å²) in [4.78, 5) is 13.1. The van der Waals surface area contributed by atoms with Crippen LogP contribution in [0.5, 0.6) is 0 Å². The van der Waals surface area contributed by atoms with Crippen LogP contribution in [0.1, 0.15) is 19.3 Å². The maximum absolute atomic E-state index is 11.1. The molecule has 0 aromatic rings. The lowest BCUT2D eigenvalue weighted by Gasteiger charge is -2.24. The highest BCUT2D eigenvalue weighted by Crippen LogP contribution is 2.07. The Hall–Kier alpha value is -1.08. The summed E-state index contributed by atoms with van der Waals surface area (Å²) in [5.41, 5.74) is 0. The summed E-state index contributed by atoms with van der Waals surface area (Å²) in [7, 11) is 0. The summed E-state index contributed by atoms with van der Waals surface area (Å²) in [5.74, 6) is -0.288. The Morgan fingerprint density at radius 1 is 1.38 bits per heavy atom. The summed E-state index contributed by atoms with van der Waals surface area (Å²) in [5, 5.41) is 8.18. The Labute approximate surface area is 78.1 Å². The second-order valence-corrected chi connectivity index (χ2v) is 3.16. The van der Waals surface area contributed by atoms with E-state index in [1.54, 1.807) is 6.07 Å². The Balaban J connectivity index is 2.15. The molecule has 4 nitrogen and oxygen atoms in total. The molecule has 13 heavy (non-hydrogen) atoms. The summed E-state index contributed by atoms with van der Waals surface area (Å²) in [6.07, 6.45) is 3.57. The number of ether oxygens (including phenoxy) is 1. The van der Waals surface area contributed by atoms with Gasteiger partial charge in [0.15, 0.2) is 6.61 Å². The van der Waals surface area contributed by atoms with Crippen molar-refractivity contribution in [2.24, 2.45) is 0 Å². The first kappa shape index (κ1) is 10.0. The third kappa shape index (κ3) is 3.90. The number of piperidine rings is 1. The largest absolute Gasteiger partial charge is 0.449 e. The number of likely N-dealkylation sites (tertiary alicyclic amines) is 1. The molecule has 0 N–H and O–H groups in total. The second-order valence-electron chi connectivity index (χ2n) is 3.16. The fourth-order valence-electron chi connectivity index (χ4n) is 1.46. The molecule has 1 fully saturated rings. The second kappa shape index (κ2) is 5.55. The van der Waals surface area contributed by atoms with Crippen molar-refractivity contribution in [3.8, 4) is 6.07 Å². The van der Waals surface area contributed by atoms with E-state index in [0.717, 1.165) is 25.9 Å². The summed E-state index contributed by atoms with van der Waals surface area (Å²) >= 11 is 0. The fourth-order valence-corrected chi connectivity index (χ4v) is 1.46. The standard InChI is InChI=1S/C9H14N2O2/c10-4-7-13-9(12)8-11-5-2-1-3-6-11/h1-3,5-8H2. The molecular formula is C9H14N2O2. The number of carbonyl (C=O) groups is 1. The van der Waals surface area contributed by atoms with Crippen LogP contribution in [0, 0.1) is 11.3 Å². The van der Waals surface area contributed by atoms with Crippen LogP contribution >= 0.6 is 0 Å². The predicted octanol–water partition coefficient (Wildman–Crippen LogP) is 0.539. The van der Waals surface area contributed by atoms with Crippen molar-refractivity contribution < 1.29 is 9.53 Å². The van der Waals surface area contributed by atoms with Crippen molar-refractivity contribution in [3.63, 3.8) is 0 Å². The molecule has 4 heteroatoms. The van der Waals surface area contributed by atoms with Crippen molar-refractivity contribution >= 4 is 5.97 Å². The third-order valence-electron chi connectivity index (χ3n) is 2.10. The van der Waals surface area contributed by atoms with Crippen molar-refractivity contribution in [2.75, 3.05) is 26.2 Å². The molecule has 1 rings (SSSR count). The van der Waals surface area contributed by atoms with Crippen LogP contribution < -0.4 is 0 Å². The monoisotopic (exact) mass is 182 g/mol. The van der Waals surface area contributed by atoms with Crippen molar-refractivity contribution in [1.29, 1.82) is 5.26 Å². The molecule has 1 aliphatic heterocycles. The van der Waals surface area contributed by atoms with Gasteiger partial charge in [-0.3, -0.25) is 9.69 Å². The molecule has 0 atom stereocenters. The lowest BCUT2D eigenvalue weighted by molar-refractivity contribution is -0.143. The molecule has 72 valence electrons. The number of esters is 1. The summed E-state index contributed by atoms with van der Waals surface area (Å²) < 4.78 is 4.65. The quantitative estimate of drug-likeness (QED) is 0.598. The summed E-state index contributed by atoms with van der Waals surface area (Å²) in [6.45, 7) is 2.15. The molecule has 1 aliphatic rings. The van der Waals surface area contributed by atoms with Gasteiger partial charge in [-0.15, -0.1) is 0 Å². The highest BCUT2D eigenvalue weighted by atomic mass is 16.5. The topological polar surface area (TPSA) is 53.3 Å².